The molecule has 2 rings (SSSR count). The molecule has 2 N–H and O–H groups in total. The summed E-state index contributed by atoms with van der Waals surface area (Å²) in [6.07, 6.45) is 1.38. The molecule has 1 saturated heterocycles. The molecule has 1 fully saturated rings. The van der Waals surface area contributed by atoms with E-state index >= 15 is 0 Å². The Morgan fingerprint density at radius 3 is 2.90 bits per heavy atom. The van der Waals surface area contributed by atoms with E-state index in [1.54, 1.807) is 6.92 Å². The van der Waals surface area contributed by atoms with Gasteiger partial charge in [-0.05, 0) is 38.0 Å². The van der Waals surface area contributed by atoms with Gasteiger partial charge in [0.15, 0.2) is 0 Å². The zero-order valence-corrected chi connectivity index (χ0v) is 11.9. The highest BCUT2D eigenvalue weighted by Gasteiger charge is 2.31. The largest absolute Gasteiger partial charge is 0.388 e. The molecule has 0 aromatic heterocycles. The van der Waals surface area contributed by atoms with Gasteiger partial charge >= 0.3 is 0 Å². The number of rotatable bonds is 1. The number of benzene rings is 1. The topological polar surface area (TPSA) is 60.8 Å². The van der Waals surface area contributed by atoms with Crippen LogP contribution in [0.1, 0.15) is 35.7 Å². The second-order valence-corrected chi connectivity index (χ2v) is 5.48. The average molecular weight is 291 g/mol. The summed E-state index contributed by atoms with van der Waals surface area (Å²) in [4.78, 5) is 13.9. The molecule has 1 aliphatic heterocycles. The van der Waals surface area contributed by atoms with Crippen molar-refractivity contribution >= 4 is 5.91 Å². The van der Waals surface area contributed by atoms with E-state index in [0.29, 0.717) is 13.0 Å². The fourth-order valence-corrected chi connectivity index (χ4v) is 2.46. The summed E-state index contributed by atoms with van der Waals surface area (Å²) >= 11 is 0. The number of aliphatic hydroxyl groups is 2. The third-order valence-corrected chi connectivity index (χ3v) is 3.48. The summed E-state index contributed by atoms with van der Waals surface area (Å²) in [5, 5.41) is 18.6. The van der Waals surface area contributed by atoms with E-state index in [-0.39, 0.29) is 30.2 Å². The second-order valence-electron chi connectivity index (χ2n) is 5.48. The van der Waals surface area contributed by atoms with Gasteiger partial charge in [-0.15, -0.1) is 0 Å². The lowest BCUT2D eigenvalue weighted by Crippen LogP contribution is -2.48. The van der Waals surface area contributed by atoms with Crippen LogP contribution in [0.15, 0.2) is 18.2 Å². The molecule has 4 nitrogen and oxygen atoms in total. The van der Waals surface area contributed by atoms with Crippen LogP contribution in [-0.4, -0.2) is 46.3 Å². The van der Waals surface area contributed by atoms with Crippen molar-refractivity contribution < 1.29 is 19.4 Å². The Morgan fingerprint density at radius 2 is 2.29 bits per heavy atom. The van der Waals surface area contributed by atoms with Crippen molar-refractivity contribution in [3.8, 4) is 11.8 Å². The van der Waals surface area contributed by atoms with E-state index in [2.05, 4.69) is 11.8 Å². The SMILES string of the molecule is CC1(O)CCCN(C(=O)c2ccc(C#CCO)c(F)c2)C1. The summed E-state index contributed by atoms with van der Waals surface area (Å²) in [5.41, 5.74) is -0.509. The third-order valence-electron chi connectivity index (χ3n) is 3.48. The first-order valence-electron chi connectivity index (χ1n) is 6.84. The Bertz CT molecular complexity index is 601. The van der Waals surface area contributed by atoms with Gasteiger partial charge in [0, 0.05) is 18.7 Å². The van der Waals surface area contributed by atoms with E-state index in [1.807, 2.05) is 0 Å². The van der Waals surface area contributed by atoms with Gasteiger partial charge < -0.3 is 15.1 Å². The number of piperidine rings is 1. The lowest BCUT2D eigenvalue weighted by atomic mass is 9.94. The zero-order chi connectivity index (χ0) is 15.5. The molecule has 1 unspecified atom stereocenters. The minimum atomic E-state index is -0.890. The van der Waals surface area contributed by atoms with Gasteiger partial charge in [-0.1, -0.05) is 11.8 Å². The highest BCUT2D eigenvalue weighted by molar-refractivity contribution is 5.94. The van der Waals surface area contributed by atoms with Gasteiger partial charge in [0.25, 0.3) is 5.91 Å². The van der Waals surface area contributed by atoms with Crippen LogP contribution in [0.2, 0.25) is 0 Å². The van der Waals surface area contributed by atoms with Crippen molar-refractivity contribution in [3.05, 3.63) is 35.1 Å². The quantitative estimate of drug-likeness (QED) is 0.763. The van der Waals surface area contributed by atoms with E-state index < -0.39 is 11.4 Å². The molecule has 5 heteroatoms. The Labute approximate surface area is 123 Å². The number of hydrogen-bond donors (Lipinski definition) is 2. The van der Waals surface area contributed by atoms with Gasteiger partial charge in [-0.2, -0.15) is 0 Å². The lowest BCUT2D eigenvalue weighted by Gasteiger charge is -2.36. The first kappa shape index (κ1) is 15.5. The van der Waals surface area contributed by atoms with Crippen LogP contribution >= 0.6 is 0 Å². The van der Waals surface area contributed by atoms with E-state index in [9.17, 15) is 14.3 Å². The molecule has 1 aromatic rings. The minimum absolute atomic E-state index is 0.145. The first-order valence-corrected chi connectivity index (χ1v) is 6.84. The van der Waals surface area contributed by atoms with E-state index in [0.717, 1.165) is 12.5 Å². The standard InChI is InChI=1S/C16H18FNO3/c1-16(21)7-3-8-18(11-16)15(20)13-6-5-12(4-2-9-19)14(17)10-13/h5-6,10,19,21H,3,7-9,11H2,1H3. The van der Waals surface area contributed by atoms with Crippen molar-refractivity contribution in [3.63, 3.8) is 0 Å². The predicted molar refractivity (Wildman–Crippen MR) is 76.1 cm³/mol. The maximum absolute atomic E-state index is 13.8. The van der Waals surface area contributed by atoms with Gasteiger partial charge in [0.1, 0.15) is 12.4 Å². The number of nitrogens with zero attached hydrogens (tertiary/aromatic N) is 1. The summed E-state index contributed by atoms with van der Waals surface area (Å²) in [7, 11) is 0. The first-order chi connectivity index (χ1) is 9.93. The number of β-amino-alcohol motifs (C(OH)–C–C–N with tert-alkyl or cyclic N) is 1. The number of carbonyl (C=O) groups is 1. The van der Waals surface area contributed by atoms with Crippen molar-refractivity contribution in [1.82, 2.24) is 4.90 Å². The molecule has 1 heterocycles. The molecule has 112 valence electrons. The highest BCUT2D eigenvalue weighted by Crippen LogP contribution is 2.22. The molecule has 1 amide bonds. The molecule has 0 saturated carbocycles. The maximum atomic E-state index is 13.8. The molecule has 1 aliphatic rings. The van der Waals surface area contributed by atoms with Crippen LogP contribution in [0.25, 0.3) is 0 Å². The highest BCUT2D eigenvalue weighted by atomic mass is 19.1. The van der Waals surface area contributed by atoms with Crippen molar-refractivity contribution in [1.29, 1.82) is 0 Å². The summed E-state index contributed by atoms with van der Waals surface area (Å²) in [6.45, 7) is 2.16. The molecular weight excluding hydrogens is 273 g/mol. The fourth-order valence-electron chi connectivity index (χ4n) is 2.46. The number of carbonyl (C=O) groups excluding carboxylic acids is 1. The van der Waals surface area contributed by atoms with Gasteiger partial charge in [0.2, 0.25) is 0 Å². The molecule has 1 aromatic carbocycles. The molecular formula is C16H18FNO3. The van der Waals surface area contributed by atoms with Gasteiger partial charge in [-0.25, -0.2) is 4.39 Å². The monoisotopic (exact) mass is 291 g/mol. The fraction of sp³-hybridized carbons (Fsp3) is 0.438. The van der Waals surface area contributed by atoms with Crippen molar-refractivity contribution in [2.45, 2.75) is 25.4 Å². The zero-order valence-electron chi connectivity index (χ0n) is 11.9. The molecule has 0 spiro atoms. The number of aliphatic hydroxyl groups excluding tert-OH is 1. The van der Waals surface area contributed by atoms with Crippen molar-refractivity contribution in [2.75, 3.05) is 19.7 Å². The Kier molecular flexibility index (Phi) is 4.61. The molecule has 0 radical (unpaired) electrons. The van der Waals surface area contributed by atoms with Crippen LogP contribution in [0.4, 0.5) is 4.39 Å². The summed E-state index contributed by atoms with van der Waals surface area (Å²) in [6, 6.07) is 4.08. The van der Waals surface area contributed by atoms with Crippen LogP contribution < -0.4 is 0 Å². The van der Waals surface area contributed by atoms with Crippen molar-refractivity contribution in [2.24, 2.45) is 0 Å². The maximum Gasteiger partial charge on any atom is 0.254 e. The predicted octanol–water partition coefficient (Wildman–Crippen LogP) is 1.16. The van der Waals surface area contributed by atoms with E-state index in [1.165, 1.54) is 17.0 Å². The number of halogens is 1. The summed E-state index contributed by atoms with van der Waals surface area (Å²) < 4.78 is 13.8. The summed E-state index contributed by atoms with van der Waals surface area (Å²) in [5.74, 6) is 3.96. The Hall–Kier alpha value is -1.90. The van der Waals surface area contributed by atoms with Gasteiger partial charge in [0.05, 0.1) is 11.2 Å². The van der Waals surface area contributed by atoms with Crippen LogP contribution in [0, 0.1) is 17.7 Å². The average Bonchev–Trinajstić information content (AvgIpc) is 2.44. The molecule has 21 heavy (non-hydrogen) atoms. The molecule has 0 bridgehead atoms. The van der Waals surface area contributed by atoms with Crippen LogP contribution in [0.3, 0.4) is 0 Å². The lowest BCUT2D eigenvalue weighted by molar-refractivity contribution is -0.0107. The Morgan fingerprint density at radius 1 is 1.52 bits per heavy atom. The minimum Gasteiger partial charge on any atom is -0.388 e. The normalized spacial score (nSPS) is 21.6. The molecule has 0 aliphatic carbocycles. The second kappa shape index (κ2) is 6.25. The van der Waals surface area contributed by atoms with E-state index in [4.69, 9.17) is 5.11 Å². The van der Waals surface area contributed by atoms with Gasteiger partial charge in [-0.3, -0.25) is 4.79 Å². The Balaban J connectivity index is 2.18. The number of likely N-dealkylation sites (tertiary alicyclic amines) is 1. The third kappa shape index (κ3) is 3.81. The smallest absolute Gasteiger partial charge is 0.254 e. The number of amides is 1. The van der Waals surface area contributed by atoms with Crippen LogP contribution in [-0.2, 0) is 0 Å². The number of hydrogen-bond acceptors (Lipinski definition) is 3. The molecule has 1 atom stereocenters. The van der Waals surface area contributed by atoms with Crippen LogP contribution in [0.5, 0.6) is 0 Å².